The highest BCUT2D eigenvalue weighted by atomic mass is 16.5. The molecule has 0 amide bonds. The van der Waals surface area contributed by atoms with E-state index in [2.05, 4.69) is 56.4 Å². The van der Waals surface area contributed by atoms with E-state index in [0.29, 0.717) is 5.41 Å². The molecule has 1 fully saturated rings. The second-order valence-electron chi connectivity index (χ2n) is 7.09. The molecule has 1 aliphatic rings. The third kappa shape index (κ3) is 4.07. The molecule has 1 saturated carbocycles. The smallest absolute Gasteiger partial charge is 0.0587 e. The number of hydrogen-bond donors (Lipinski definition) is 1. The summed E-state index contributed by atoms with van der Waals surface area (Å²) in [5, 5.41) is 3.56. The van der Waals surface area contributed by atoms with E-state index in [4.69, 9.17) is 4.74 Å². The van der Waals surface area contributed by atoms with Gasteiger partial charge < -0.3 is 10.1 Å². The monoisotopic (exact) mass is 275 g/mol. The van der Waals surface area contributed by atoms with Gasteiger partial charge >= 0.3 is 0 Å². The summed E-state index contributed by atoms with van der Waals surface area (Å²) >= 11 is 0. The van der Waals surface area contributed by atoms with Crippen LogP contribution in [0.5, 0.6) is 0 Å². The van der Waals surface area contributed by atoms with Crippen molar-refractivity contribution >= 4 is 0 Å². The molecule has 0 spiro atoms. The Balaban J connectivity index is 1.92. The lowest BCUT2D eigenvalue weighted by molar-refractivity contribution is 0.176. The van der Waals surface area contributed by atoms with Crippen molar-refractivity contribution in [2.24, 2.45) is 17.3 Å². The minimum atomic E-state index is 0.355. The van der Waals surface area contributed by atoms with E-state index >= 15 is 0 Å². The first-order valence-corrected chi connectivity index (χ1v) is 7.78. The van der Waals surface area contributed by atoms with E-state index in [0.717, 1.165) is 37.5 Å². The van der Waals surface area contributed by atoms with E-state index < -0.39 is 0 Å². The standard InChI is InChI=1S/C18H29NO/c1-18(2,3)17(13-19-10-11-20-4)16-12-15(16)14-8-6-5-7-9-14/h5-9,15-17,19H,10-13H2,1-4H3. The van der Waals surface area contributed by atoms with Gasteiger partial charge in [0.15, 0.2) is 0 Å². The highest BCUT2D eigenvalue weighted by Gasteiger charge is 2.47. The zero-order chi connectivity index (χ0) is 14.6. The second kappa shape index (κ2) is 6.73. The van der Waals surface area contributed by atoms with Crippen LogP contribution in [0.15, 0.2) is 30.3 Å². The molecule has 1 aromatic rings. The van der Waals surface area contributed by atoms with Crippen molar-refractivity contribution < 1.29 is 4.74 Å². The summed E-state index contributed by atoms with van der Waals surface area (Å²) in [4.78, 5) is 0. The van der Waals surface area contributed by atoms with E-state index in [9.17, 15) is 0 Å². The fourth-order valence-corrected chi connectivity index (χ4v) is 3.27. The number of benzene rings is 1. The summed E-state index contributed by atoms with van der Waals surface area (Å²) in [5.41, 5.74) is 1.87. The molecule has 20 heavy (non-hydrogen) atoms. The largest absolute Gasteiger partial charge is 0.383 e. The zero-order valence-corrected chi connectivity index (χ0v) is 13.4. The maximum Gasteiger partial charge on any atom is 0.0587 e. The first-order chi connectivity index (χ1) is 9.54. The minimum absolute atomic E-state index is 0.355. The summed E-state index contributed by atoms with van der Waals surface area (Å²) in [6.45, 7) is 9.96. The lowest BCUT2D eigenvalue weighted by Gasteiger charge is -2.32. The van der Waals surface area contributed by atoms with Gasteiger partial charge in [-0.1, -0.05) is 51.1 Å². The van der Waals surface area contributed by atoms with E-state index in [1.165, 1.54) is 12.0 Å². The van der Waals surface area contributed by atoms with Gasteiger partial charge in [-0.2, -0.15) is 0 Å². The fraction of sp³-hybridized carbons (Fsp3) is 0.667. The molecule has 1 aliphatic carbocycles. The van der Waals surface area contributed by atoms with Gasteiger partial charge in [0.05, 0.1) is 6.61 Å². The van der Waals surface area contributed by atoms with Crippen LogP contribution in [0.1, 0.15) is 38.7 Å². The number of nitrogens with one attached hydrogen (secondary N) is 1. The molecule has 0 aliphatic heterocycles. The SMILES string of the molecule is COCCNCC(C1CC1c1ccccc1)C(C)(C)C. The lowest BCUT2D eigenvalue weighted by Crippen LogP contribution is -2.35. The average molecular weight is 275 g/mol. The van der Waals surface area contributed by atoms with Crippen LogP contribution in [0.4, 0.5) is 0 Å². The van der Waals surface area contributed by atoms with Crippen molar-refractivity contribution in [1.82, 2.24) is 5.32 Å². The number of methoxy groups -OCH3 is 1. The van der Waals surface area contributed by atoms with Crippen LogP contribution in [-0.4, -0.2) is 26.8 Å². The lowest BCUT2D eigenvalue weighted by atomic mass is 9.76. The summed E-state index contributed by atoms with van der Waals surface area (Å²) in [6, 6.07) is 11.0. The van der Waals surface area contributed by atoms with E-state index in [1.54, 1.807) is 7.11 Å². The number of hydrogen-bond acceptors (Lipinski definition) is 2. The first kappa shape index (κ1) is 15.5. The Kier molecular flexibility index (Phi) is 5.22. The molecule has 1 N–H and O–H groups in total. The predicted octanol–water partition coefficient (Wildman–Crippen LogP) is 3.69. The van der Waals surface area contributed by atoms with Crippen molar-refractivity contribution in [3.63, 3.8) is 0 Å². The normalized spacial score (nSPS) is 23.6. The first-order valence-electron chi connectivity index (χ1n) is 7.78. The van der Waals surface area contributed by atoms with Gasteiger partial charge in [-0.25, -0.2) is 0 Å². The third-order valence-electron chi connectivity index (χ3n) is 4.54. The second-order valence-corrected chi connectivity index (χ2v) is 7.09. The van der Waals surface area contributed by atoms with Gasteiger partial charge in [0.2, 0.25) is 0 Å². The minimum Gasteiger partial charge on any atom is -0.383 e. The maximum atomic E-state index is 5.11. The van der Waals surface area contributed by atoms with Crippen molar-refractivity contribution in [3.05, 3.63) is 35.9 Å². The molecule has 0 radical (unpaired) electrons. The number of ether oxygens (including phenoxy) is 1. The van der Waals surface area contributed by atoms with Gasteiger partial charge in [0.25, 0.3) is 0 Å². The maximum absolute atomic E-state index is 5.11. The molecule has 2 heteroatoms. The molecule has 2 rings (SSSR count). The van der Waals surface area contributed by atoms with Crippen LogP contribution in [0.2, 0.25) is 0 Å². The summed E-state index contributed by atoms with van der Waals surface area (Å²) in [5.74, 6) is 2.32. The molecule has 3 atom stereocenters. The summed E-state index contributed by atoms with van der Waals surface area (Å²) < 4.78 is 5.11. The number of rotatable bonds is 7. The molecule has 3 unspecified atom stereocenters. The quantitative estimate of drug-likeness (QED) is 0.766. The van der Waals surface area contributed by atoms with Gasteiger partial charge in [-0.05, 0) is 41.7 Å². The van der Waals surface area contributed by atoms with Gasteiger partial charge in [-0.3, -0.25) is 0 Å². The Morgan fingerprint density at radius 2 is 1.95 bits per heavy atom. The van der Waals surface area contributed by atoms with E-state index in [1.807, 2.05) is 0 Å². The molecule has 112 valence electrons. The van der Waals surface area contributed by atoms with E-state index in [-0.39, 0.29) is 0 Å². The third-order valence-corrected chi connectivity index (χ3v) is 4.54. The van der Waals surface area contributed by atoms with Crippen molar-refractivity contribution in [2.45, 2.75) is 33.1 Å². The highest BCUT2D eigenvalue weighted by Crippen LogP contribution is 2.55. The topological polar surface area (TPSA) is 21.3 Å². The molecule has 2 nitrogen and oxygen atoms in total. The molecule has 0 aromatic heterocycles. The Morgan fingerprint density at radius 1 is 1.25 bits per heavy atom. The van der Waals surface area contributed by atoms with Crippen LogP contribution >= 0.6 is 0 Å². The van der Waals surface area contributed by atoms with Crippen LogP contribution < -0.4 is 5.32 Å². The van der Waals surface area contributed by atoms with Crippen LogP contribution in [-0.2, 0) is 4.74 Å². The van der Waals surface area contributed by atoms with Crippen molar-refractivity contribution in [2.75, 3.05) is 26.8 Å². The predicted molar refractivity (Wildman–Crippen MR) is 85.0 cm³/mol. The van der Waals surface area contributed by atoms with Gasteiger partial charge in [-0.15, -0.1) is 0 Å². The van der Waals surface area contributed by atoms with Crippen LogP contribution in [0.25, 0.3) is 0 Å². The van der Waals surface area contributed by atoms with Crippen molar-refractivity contribution in [3.8, 4) is 0 Å². The zero-order valence-electron chi connectivity index (χ0n) is 13.4. The Hall–Kier alpha value is -0.860. The summed E-state index contributed by atoms with van der Waals surface area (Å²) in [6.07, 6.45) is 1.35. The molecule has 0 heterocycles. The van der Waals surface area contributed by atoms with Crippen LogP contribution in [0, 0.1) is 17.3 Å². The van der Waals surface area contributed by atoms with Crippen molar-refractivity contribution in [1.29, 1.82) is 0 Å². The Labute approximate surface area is 123 Å². The highest BCUT2D eigenvalue weighted by molar-refractivity contribution is 5.26. The summed E-state index contributed by atoms with van der Waals surface area (Å²) in [7, 11) is 1.76. The molecule has 1 aromatic carbocycles. The Bertz CT molecular complexity index is 396. The Morgan fingerprint density at radius 3 is 2.55 bits per heavy atom. The van der Waals surface area contributed by atoms with Gasteiger partial charge in [0.1, 0.15) is 0 Å². The average Bonchev–Trinajstić information content (AvgIpc) is 3.18. The molecular formula is C18H29NO. The molecule has 0 bridgehead atoms. The molecular weight excluding hydrogens is 246 g/mol. The fourth-order valence-electron chi connectivity index (χ4n) is 3.27. The van der Waals surface area contributed by atoms with Crippen LogP contribution in [0.3, 0.4) is 0 Å². The molecule has 0 saturated heterocycles. The van der Waals surface area contributed by atoms with Gasteiger partial charge in [0, 0.05) is 13.7 Å².